The number of nitrogens with zero attached hydrogens (tertiary/aromatic N) is 1. The Morgan fingerprint density at radius 2 is 1.93 bits per heavy atom. The molecule has 0 bridgehead atoms. The fourth-order valence-electron chi connectivity index (χ4n) is 4.21. The SMILES string of the molecule is CCNC(=NCC1(NC(C)c2ccccc2)CCOCC1)NCC1(C)CCCS1. The summed E-state index contributed by atoms with van der Waals surface area (Å²) in [5.41, 5.74) is 1.29. The van der Waals surface area contributed by atoms with E-state index in [9.17, 15) is 0 Å². The van der Waals surface area contributed by atoms with Crippen molar-refractivity contribution in [3.63, 3.8) is 0 Å². The minimum absolute atomic E-state index is 0.0259. The third-order valence-corrected chi connectivity index (χ3v) is 7.62. The number of hydrogen-bond donors (Lipinski definition) is 3. The third-order valence-electron chi connectivity index (χ3n) is 6.09. The molecule has 0 aliphatic carbocycles. The van der Waals surface area contributed by atoms with Gasteiger partial charge in [-0.1, -0.05) is 30.3 Å². The van der Waals surface area contributed by atoms with E-state index in [0.717, 1.165) is 51.6 Å². The van der Waals surface area contributed by atoms with Crippen molar-refractivity contribution in [1.29, 1.82) is 0 Å². The van der Waals surface area contributed by atoms with Crippen molar-refractivity contribution in [3.8, 4) is 0 Å². The van der Waals surface area contributed by atoms with E-state index in [-0.39, 0.29) is 11.6 Å². The van der Waals surface area contributed by atoms with E-state index in [2.05, 4.69) is 78.8 Å². The molecule has 3 N–H and O–H groups in total. The van der Waals surface area contributed by atoms with Crippen LogP contribution in [0.2, 0.25) is 0 Å². The van der Waals surface area contributed by atoms with Gasteiger partial charge < -0.3 is 20.7 Å². The van der Waals surface area contributed by atoms with Gasteiger partial charge in [-0.25, -0.2) is 0 Å². The lowest BCUT2D eigenvalue weighted by Gasteiger charge is -2.39. The van der Waals surface area contributed by atoms with E-state index in [4.69, 9.17) is 9.73 Å². The van der Waals surface area contributed by atoms with Crippen molar-refractivity contribution in [3.05, 3.63) is 35.9 Å². The van der Waals surface area contributed by atoms with Crippen LogP contribution >= 0.6 is 11.8 Å². The van der Waals surface area contributed by atoms with Gasteiger partial charge in [0, 0.05) is 42.6 Å². The van der Waals surface area contributed by atoms with Crippen molar-refractivity contribution in [2.75, 3.05) is 38.6 Å². The first kappa shape index (κ1) is 22.4. The van der Waals surface area contributed by atoms with Gasteiger partial charge in [-0.2, -0.15) is 11.8 Å². The van der Waals surface area contributed by atoms with E-state index >= 15 is 0 Å². The van der Waals surface area contributed by atoms with Gasteiger partial charge in [-0.3, -0.25) is 4.99 Å². The average Bonchev–Trinajstić information content (AvgIpc) is 3.18. The topological polar surface area (TPSA) is 57.7 Å². The number of ether oxygens (including phenoxy) is 1. The zero-order valence-electron chi connectivity index (χ0n) is 18.3. The zero-order valence-corrected chi connectivity index (χ0v) is 19.1. The Morgan fingerprint density at radius 3 is 2.59 bits per heavy atom. The predicted octanol–water partition coefficient (Wildman–Crippen LogP) is 3.73. The van der Waals surface area contributed by atoms with Crippen LogP contribution in [0.5, 0.6) is 0 Å². The number of aliphatic imine (C=N–C) groups is 1. The molecule has 0 amide bonds. The standard InChI is InChI=1S/C23H38N4OS/c1-4-24-21(25-17-22(3)11-8-16-29-22)26-18-23(12-14-28-15-13-23)27-19(2)20-9-6-5-7-10-20/h5-7,9-10,19,27H,4,8,11-18H2,1-3H3,(H2,24,25,26). The number of rotatable bonds is 8. The second-order valence-electron chi connectivity index (χ2n) is 8.62. The summed E-state index contributed by atoms with van der Waals surface area (Å²) in [6.07, 6.45) is 4.57. The van der Waals surface area contributed by atoms with Crippen LogP contribution in [0.4, 0.5) is 0 Å². The van der Waals surface area contributed by atoms with E-state index in [1.54, 1.807) is 0 Å². The molecule has 0 radical (unpaired) electrons. The highest BCUT2D eigenvalue weighted by molar-refractivity contribution is 8.00. The van der Waals surface area contributed by atoms with Gasteiger partial charge in [0.2, 0.25) is 0 Å². The van der Waals surface area contributed by atoms with Crippen molar-refractivity contribution < 1.29 is 4.74 Å². The van der Waals surface area contributed by atoms with Gasteiger partial charge >= 0.3 is 0 Å². The van der Waals surface area contributed by atoms with Crippen molar-refractivity contribution >= 4 is 17.7 Å². The van der Waals surface area contributed by atoms with Crippen molar-refractivity contribution in [1.82, 2.24) is 16.0 Å². The van der Waals surface area contributed by atoms with Crippen molar-refractivity contribution in [2.24, 2.45) is 4.99 Å². The molecular formula is C23H38N4OS. The molecule has 2 unspecified atom stereocenters. The lowest BCUT2D eigenvalue weighted by atomic mass is 9.88. The summed E-state index contributed by atoms with van der Waals surface area (Å²) in [5.74, 6) is 2.21. The van der Waals surface area contributed by atoms with Gasteiger partial charge in [0.25, 0.3) is 0 Å². The van der Waals surface area contributed by atoms with Crippen LogP contribution in [0.3, 0.4) is 0 Å². The number of thioether (sulfide) groups is 1. The summed E-state index contributed by atoms with van der Waals surface area (Å²) in [7, 11) is 0. The molecule has 2 aliphatic rings. The minimum atomic E-state index is -0.0259. The second-order valence-corrected chi connectivity index (χ2v) is 10.3. The Balaban J connectivity index is 1.66. The molecule has 2 heterocycles. The van der Waals surface area contributed by atoms with Crippen LogP contribution in [0.15, 0.2) is 35.3 Å². The Labute approximate surface area is 180 Å². The molecule has 0 spiro atoms. The molecule has 0 saturated carbocycles. The summed E-state index contributed by atoms with van der Waals surface area (Å²) in [5, 5.41) is 10.9. The number of nitrogens with one attached hydrogen (secondary N) is 3. The van der Waals surface area contributed by atoms with Crippen LogP contribution in [-0.2, 0) is 4.74 Å². The van der Waals surface area contributed by atoms with E-state index in [1.165, 1.54) is 24.2 Å². The largest absolute Gasteiger partial charge is 0.381 e. The van der Waals surface area contributed by atoms with Gasteiger partial charge in [0.15, 0.2) is 5.96 Å². The molecule has 1 aromatic carbocycles. The number of hydrogen-bond acceptors (Lipinski definition) is 4. The smallest absolute Gasteiger partial charge is 0.191 e. The van der Waals surface area contributed by atoms with Gasteiger partial charge in [-0.05, 0) is 57.8 Å². The first-order valence-corrected chi connectivity index (χ1v) is 12.1. The molecule has 3 rings (SSSR count). The quantitative estimate of drug-likeness (QED) is 0.444. The fraction of sp³-hybridized carbons (Fsp3) is 0.696. The lowest BCUT2D eigenvalue weighted by molar-refractivity contribution is 0.0374. The maximum Gasteiger partial charge on any atom is 0.191 e. The Kier molecular flexibility index (Phi) is 8.27. The summed E-state index contributed by atoms with van der Waals surface area (Å²) in [6.45, 7) is 10.9. The number of guanidine groups is 1. The van der Waals surface area contributed by atoms with Gasteiger partial charge in [-0.15, -0.1) is 0 Å². The van der Waals surface area contributed by atoms with Crippen LogP contribution in [0.25, 0.3) is 0 Å². The van der Waals surface area contributed by atoms with E-state index < -0.39 is 0 Å². The molecule has 0 aromatic heterocycles. The Hall–Kier alpha value is -1.24. The average molecular weight is 419 g/mol. The van der Waals surface area contributed by atoms with Crippen molar-refractivity contribution in [2.45, 2.75) is 62.8 Å². The Morgan fingerprint density at radius 1 is 1.17 bits per heavy atom. The maximum absolute atomic E-state index is 5.67. The predicted molar refractivity (Wildman–Crippen MR) is 125 cm³/mol. The first-order valence-electron chi connectivity index (χ1n) is 11.1. The maximum atomic E-state index is 5.67. The Bertz CT molecular complexity index is 640. The summed E-state index contributed by atoms with van der Waals surface area (Å²) in [4.78, 5) is 5.02. The van der Waals surface area contributed by atoms with Crippen LogP contribution < -0.4 is 16.0 Å². The highest BCUT2D eigenvalue weighted by Gasteiger charge is 2.34. The fourth-order valence-corrected chi connectivity index (χ4v) is 5.46. The van der Waals surface area contributed by atoms with E-state index in [1.807, 2.05) is 0 Å². The van der Waals surface area contributed by atoms with E-state index in [0.29, 0.717) is 4.75 Å². The number of benzene rings is 1. The third kappa shape index (κ3) is 6.63. The first-order chi connectivity index (χ1) is 14.0. The molecule has 29 heavy (non-hydrogen) atoms. The van der Waals surface area contributed by atoms with Crippen LogP contribution in [0, 0.1) is 0 Å². The summed E-state index contributed by atoms with van der Waals surface area (Å²) in [6, 6.07) is 11.0. The second kappa shape index (κ2) is 10.7. The zero-order chi connectivity index (χ0) is 20.6. The summed E-state index contributed by atoms with van der Waals surface area (Å²) < 4.78 is 6.00. The normalized spacial score (nSPS) is 25.6. The highest BCUT2D eigenvalue weighted by atomic mass is 32.2. The molecule has 162 valence electrons. The minimum Gasteiger partial charge on any atom is -0.381 e. The molecule has 5 nitrogen and oxygen atoms in total. The molecular weight excluding hydrogens is 380 g/mol. The molecule has 2 atom stereocenters. The monoisotopic (exact) mass is 418 g/mol. The molecule has 2 saturated heterocycles. The van der Waals surface area contributed by atoms with Gasteiger partial charge in [0.05, 0.1) is 6.54 Å². The summed E-state index contributed by atoms with van der Waals surface area (Å²) >= 11 is 2.08. The molecule has 6 heteroatoms. The van der Waals surface area contributed by atoms with Gasteiger partial charge in [0.1, 0.15) is 0 Å². The molecule has 2 aliphatic heterocycles. The lowest BCUT2D eigenvalue weighted by Crippen LogP contribution is -2.53. The highest BCUT2D eigenvalue weighted by Crippen LogP contribution is 2.36. The van der Waals surface area contributed by atoms with Crippen LogP contribution in [0.1, 0.15) is 58.1 Å². The molecule has 2 fully saturated rings. The molecule has 1 aromatic rings. The van der Waals surface area contributed by atoms with Crippen LogP contribution in [-0.4, -0.2) is 54.8 Å².